The van der Waals surface area contributed by atoms with Crippen LogP contribution >= 0.6 is 0 Å². The third kappa shape index (κ3) is 8.95. The molecule has 0 aliphatic rings. The monoisotopic (exact) mass is 168 g/mol. The molecule has 0 radical (unpaired) electrons. The molecule has 2 heteroatoms. The van der Waals surface area contributed by atoms with Crippen LogP contribution < -0.4 is 0 Å². The van der Waals surface area contributed by atoms with Crippen LogP contribution in [-0.4, -0.2) is 12.6 Å². The maximum Gasteiger partial charge on any atom is 0.302 e. The molecule has 0 aliphatic heterocycles. The lowest BCUT2D eigenvalue weighted by atomic mass is 10.3. The van der Waals surface area contributed by atoms with Crippen molar-refractivity contribution in [2.24, 2.45) is 0 Å². The molecule has 0 saturated heterocycles. The van der Waals surface area contributed by atoms with Gasteiger partial charge in [0.25, 0.3) is 0 Å². The van der Waals surface area contributed by atoms with Gasteiger partial charge in [-0.2, -0.15) is 0 Å². The molecular formula is C10H16O2. The van der Waals surface area contributed by atoms with Crippen LogP contribution in [0.3, 0.4) is 0 Å². The number of carbonyl (C=O) groups is 1. The number of hydrogen-bond acceptors (Lipinski definition) is 2. The molecule has 0 fully saturated rings. The molecule has 0 amide bonds. The number of hydrogen-bond donors (Lipinski definition) is 0. The fourth-order valence-electron chi connectivity index (χ4n) is 0.727. The Kier molecular flexibility index (Phi) is 7.35. The van der Waals surface area contributed by atoms with E-state index in [1.807, 2.05) is 6.08 Å². The summed E-state index contributed by atoms with van der Waals surface area (Å²) in [5.41, 5.74) is 0. The number of rotatable bonds is 6. The van der Waals surface area contributed by atoms with Crippen LogP contribution in [0.25, 0.3) is 0 Å². The zero-order valence-corrected chi connectivity index (χ0v) is 7.58. The van der Waals surface area contributed by atoms with E-state index in [-0.39, 0.29) is 5.97 Å². The van der Waals surface area contributed by atoms with Crippen LogP contribution in [0.5, 0.6) is 0 Å². The zero-order chi connectivity index (χ0) is 9.23. The third-order valence-electron chi connectivity index (χ3n) is 1.29. The Balaban J connectivity index is 3.10. The first-order valence-electron chi connectivity index (χ1n) is 4.16. The summed E-state index contributed by atoms with van der Waals surface area (Å²) >= 11 is 0. The summed E-state index contributed by atoms with van der Waals surface area (Å²) in [6.45, 7) is 5.54. The Morgan fingerprint density at radius 3 is 2.83 bits per heavy atom. The normalized spacial score (nSPS) is 10.1. The molecular weight excluding hydrogens is 152 g/mol. The topological polar surface area (TPSA) is 26.3 Å². The molecule has 0 aliphatic carbocycles. The van der Waals surface area contributed by atoms with E-state index in [9.17, 15) is 4.79 Å². The van der Waals surface area contributed by atoms with Crippen LogP contribution in [-0.2, 0) is 9.53 Å². The second-order valence-electron chi connectivity index (χ2n) is 2.48. The molecule has 0 atom stereocenters. The van der Waals surface area contributed by atoms with Gasteiger partial charge in [0.1, 0.15) is 0 Å². The average Bonchev–Trinajstić information content (AvgIpc) is 2.02. The number of carbonyl (C=O) groups excluding carboxylic acids is 1. The smallest absolute Gasteiger partial charge is 0.302 e. The Morgan fingerprint density at radius 2 is 2.25 bits per heavy atom. The van der Waals surface area contributed by atoms with Crippen molar-refractivity contribution in [3.05, 3.63) is 24.8 Å². The van der Waals surface area contributed by atoms with E-state index in [4.69, 9.17) is 4.74 Å². The van der Waals surface area contributed by atoms with E-state index in [1.54, 1.807) is 0 Å². The van der Waals surface area contributed by atoms with E-state index in [2.05, 4.69) is 18.7 Å². The highest BCUT2D eigenvalue weighted by atomic mass is 16.5. The molecule has 12 heavy (non-hydrogen) atoms. The molecule has 0 saturated carbocycles. The van der Waals surface area contributed by atoms with Crippen LogP contribution in [0.4, 0.5) is 0 Å². The maximum absolute atomic E-state index is 10.3. The van der Waals surface area contributed by atoms with Gasteiger partial charge in [-0.15, -0.1) is 6.58 Å². The molecule has 0 aromatic carbocycles. The van der Waals surface area contributed by atoms with Crippen molar-refractivity contribution in [1.29, 1.82) is 0 Å². The standard InChI is InChI=1S/C10H16O2/c1-3-4-5-6-7-8-9-12-10(2)11/h3,5-6H,1,4,7-9H2,2H3. The summed E-state index contributed by atoms with van der Waals surface area (Å²) in [6.07, 6.45) is 8.75. The summed E-state index contributed by atoms with van der Waals surface area (Å²) in [7, 11) is 0. The first kappa shape index (κ1) is 11.0. The third-order valence-corrected chi connectivity index (χ3v) is 1.29. The fraction of sp³-hybridized carbons (Fsp3) is 0.500. The Bertz CT molecular complexity index is 159. The van der Waals surface area contributed by atoms with Crippen molar-refractivity contribution in [1.82, 2.24) is 0 Å². The minimum absolute atomic E-state index is 0.204. The average molecular weight is 168 g/mol. The van der Waals surface area contributed by atoms with Crippen molar-refractivity contribution in [2.45, 2.75) is 26.2 Å². The van der Waals surface area contributed by atoms with Crippen LogP contribution in [0.2, 0.25) is 0 Å². The second kappa shape index (κ2) is 8.05. The van der Waals surface area contributed by atoms with E-state index < -0.39 is 0 Å². The highest BCUT2D eigenvalue weighted by molar-refractivity contribution is 5.65. The lowest BCUT2D eigenvalue weighted by Gasteiger charge is -1.97. The van der Waals surface area contributed by atoms with E-state index in [1.165, 1.54) is 6.92 Å². The summed E-state index contributed by atoms with van der Waals surface area (Å²) in [4.78, 5) is 10.3. The van der Waals surface area contributed by atoms with Gasteiger partial charge >= 0.3 is 5.97 Å². The van der Waals surface area contributed by atoms with Gasteiger partial charge in [0.2, 0.25) is 0 Å². The molecule has 2 nitrogen and oxygen atoms in total. The number of ether oxygens (including phenoxy) is 1. The summed E-state index contributed by atoms with van der Waals surface area (Å²) in [5.74, 6) is -0.204. The van der Waals surface area contributed by atoms with E-state index >= 15 is 0 Å². The summed E-state index contributed by atoms with van der Waals surface area (Å²) in [5, 5.41) is 0. The summed E-state index contributed by atoms with van der Waals surface area (Å²) in [6, 6.07) is 0. The minimum Gasteiger partial charge on any atom is -0.466 e. The summed E-state index contributed by atoms with van der Waals surface area (Å²) < 4.78 is 4.76. The van der Waals surface area contributed by atoms with Gasteiger partial charge in [-0.25, -0.2) is 0 Å². The Labute approximate surface area is 73.9 Å². The van der Waals surface area contributed by atoms with Crippen molar-refractivity contribution < 1.29 is 9.53 Å². The maximum atomic E-state index is 10.3. The lowest BCUT2D eigenvalue weighted by molar-refractivity contribution is -0.141. The SMILES string of the molecule is C=CCC=CCCCOC(C)=O. The second-order valence-corrected chi connectivity index (χ2v) is 2.48. The highest BCUT2D eigenvalue weighted by Gasteiger charge is 1.89. The molecule has 0 bridgehead atoms. The number of allylic oxidation sites excluding steroid dienone is 3. The molecule has 0 unspecified atom stereocenters. The predicted molar refractivity (Wildman–Crippen MR) is 49.8 cm³/mol. The first-order chi connectivity index (χ1) is 5.77. The molecule has 68 valence electrons. The van der Waals surface area contributed by atoms with Crippen molar-refractivity contribution in [3.63, 3.8) is 0 Å². The molecule has 0 aromatic heterocycles. The van der Waals surface area contributed by atoms with Gasteiger partial charge in [-0.05, 0) is 19.3 Å². The first-order valence-corrected chi connectivity index (χ1v) is 4.16. The van der Waals surface area contributed by atoms with Gasteiger partial charge in [-0.3, -0.25) is 4.79 Å². The van der Waals surface area contributed by atoms with Crippen LogP contribution in [0.15, 0.2) is 24.8 Å². The predicted octanol–water partition coefficient (Wildman–Crippen LogP) is 2.46. The van der Waals surface area contributed by atoms with Gasteiger partial charge < -0.3 is 4.74 Å². The molecule has 0 N–H and O–H groups in total. The fourth-order valence-corrected chi connectivity index (χ4v) is 0.727. The van der Waals surface area contributed by atoms with Gasteiger partial charge in [0.15, 0.2) is 0 Å². The van der Waals surface area contributed by atoms with Gasteiger partial charge in [0, 0.05) is 6.92 Å². The molecule has 0 rings (SSSR count). The molecule has 0 spiro atoms. The largest absolute Gasteiger partial charge is 0.466 e. The quantitative estimate of drug-likeness (QED) is 0.346. The van der Waals surface area contributed by atoms with E-state index in [0.717, 1.165) is 19.3 Å². The Morgan fingerprint density at radius 1 is 1.50 bits per heavy atom. The highest BCUT2D eigenvalue weighted by Crippen LogP contribution is 1.94. The van der Waals surface area contributed by atoms with E-state index in [0.29, 0.717) is 6.61 Å². The molecule has 0 heterocycles. The van der Waals surface area contributed by atoms with Crippen molar-refractivity contribution >= 4 is 5.97 Å². The zero-order valence-electron chi connectivity index (χ0n) is 7.58. The van der Waals surface area contributed by atoms with Gasteiger partial charge in [-0.1, -0.05) is 18.2 Å². The number of unbranched alkanes of at least 4 members (excludes halogenated alkanes) is 1. The molecule has 0 aromatic rings. The Hall–Kier alpha value is -1.05. The van der Waals surface area contributed by atoms with Crippen molar-refractivity contribution in [3.8, 4) is 0 Å². The van der Waals surface area contributed by atoms with Gasteiger partial charge in [0.05, 0.1) is 6.61 Å². The van der Waals surface area contributed by atoms with Crippen molar-refractivity contribution in [2.75, 3.05) is 6.61 Å². The minimum atomic E-state index is -0.204. The van der Waals surface area contributed by atoms with Crippen LogP contribution in [0, 0.1) is 0 Å². The van der Waals surface area contributed by atoms with Crippen LogP contribution in [0.1, 0.15) is 26.2 Å². The lowest BCUT2D eigenvalue weighted by Crippen LogP contribution is -1.99. The number of esters is 1.